The van der Waals surface area contributed by atoms with E-state index in [1.54, 1.807) is 7.11 Å². The maximum Gasteiger partial charge on any atom is 0.128 e. The zero-order valence-electron chi connectivity index (χ0n) is 10.6. The van der Waals surface area contributed by atoms with Crippen molar-refractivity contribution in [3.63, 3.8) is 0 Å². The standard InChI is InChI=1S/C15H15F2NO/c1-19-10-15(11-5-3-2-4-6-11)18-14-8-12(16)7-13(17)9-14/h2-9,15,18H,10H2,1H3. The molecule has 0 spiro atoms. The first-order valence-electron chi connectivity index (χ1n) is 5.95. The van der Waals surface area contributed by atoms with Crippen LogP contribution in [0.25, 0.3) is 0 Å². The highest BCUT2D eigenvalue weighted by molar-refractivity contribution is 5.46. The SMILES string of the molecule is COCC(Nc1cc(F)cc(F)c1)c1ccccc1. The highest BCUT2D eigenvalue weighted by Crippen LogP contribution is 2.21. The number of halogens is 2. The van der Waals surface area contributed by atoms with Gasteiger partial charge in [-0.15, -0.1) is 0 Å². The summed E-state index contributed by atoms with van der Waals surface area (Å²) in [7, 11) is 1.59. The van der Waals surface area contributed by atoms with Gasteiger partial charge in [0.05, 0.1) is 12.6 Å². The molecule has 0 radical (unpaired) electrons. The third kappa shape index (κ3) is 3.76. The van der Waals surface area contributed by atoms with Gasteiger partial charge in [0.1, 0.15) is 11.6 Å². The normalized spacial score (nSPS) is 12.2. The van der Waals surface area contributed by atoms with Gasteiger partial charge in [-0.2, -0.15) is 0 Å². The molecular weight excluding hydrogens is 248 g/mol. The second-order valence-electron chi connectivity index (χ2n) is 4.22. The minimum absolute atomic E-state index is 0.160. The zero-order valence-corrected chi connectivity index (χ0v) is 10.6. The number of benzene rings is 2. The predicted molar refractivity (Wildman–Crippen MR) is 71.0 cm³/mol. The summed E-state index contributed by atoms with van der Waals surface area (Å²) in [5.41, 5.74) is 1.39. The molecule has 0 fully saturated rings. The smallest absolute Gasteiger partial charge is 0.128 e. The van der Waals surface area contributed by atoms with Crippen LogP contribution < -0.4 is 5.32 Å². The first-order valence-corrected chi connectivity index (χ1v) is 5.95. The van der Waals surface area contributed by atoms with E-state index in [2.05, 4.69) is 5.32 Å². The first-order chi connectivity index (χ1) is 9.19. The van der Waals surface area contributed by atoms with E-state index in [0.29, 0.717) is 12.3 Å². The lowest BCUT2D eigenvalue weighted by atomic mass is 10.1. The fraction of sp³-hybridized carbons (Fsp3) is 0.200. The molecular formula is C15H15F2NO. The highest BCUT2D eigenvalue weighted by Gasteiger charge is 2.11. The van der Waals surface area contributed by atoms with Crippen LogP contribution in [0.4, 0.5) is 14.5 Å². The van der Waals surface area contributed by atoms with Crippen LogP contribution in [-0.4, -0.2) is 13.7 Å². The lowest BCUT2D eigenvalue weighted by Gasteiger charge is -2.19. The van der Waals surface area contributed by atoms with E-state index >= 15 is 0 Å². The minimum atomic E-state index is -0.605. The van der Waals surface area contributed by atoms with Gasteiger partial charge in [0.15, 0.2) is 0 Å². The molecule has 0 saturated heterocycles. The first kappa shape index (κ1) is 13.5. The quantitative estimate of drug-likeness (QED) is 0.886. The Hall–Kier alpha value is -1.94. The van der Waals surface area contributed by atoms with E-state index in [0.717, 1.165) is 11.6 Å². The predicted octanol–water partition coefficient (Wildman–Crippen LogP) is 3.76. The van der Waals surface area contributed by atoms with Crippen LogP contribution in [0.5, 0.6) is 0 Å². The summed E-state index contributed by atoms with van der Waals surface area (Å²) < 4.78 is 31.5. The van der Waals surface area contributed by atoms with Crippen LogP contribution in [0.15, 0.2) is 48.5 Å². The molecule has 2 nitrogen and oxygen atoms in total. The second kappa shape index (κ2) is 6.29. The lowest BCUT2D eigenvalue weighted by molar-refractivity contribution is 0.186. The molecule has 0 aromatic heterocycles. The van der Waals surface area contributed by atoms with E-state index in [4.69, 9.17) is 4.74 Å². The Morgan fingerprint density at radius 3 is 2.26 bits per heavy atom. The third-order valence-electron chi connectivity index (χ3n) is 2.74. The van der Waals surface area contributed by atoms with Gasteiger partial charge in [-0.25, -0.2) is 8.78 Å². The van der Waals surface area contributed by atoms with E-state index in [-0.39, 0.29) is 6.04 Å². The summed E-state index contributed by atoms with van der Waals surface area (Å²) in [5, 5.41) is 3.07. The lowest BCUT2D eigenvalue weighted by Crippen LogP contribution is -2.16. The molecule has 0 amide bonds. The molecule has 0 bridgehead atoms. The number of anilines is 1. The summed E-state index contributed by atoms with van der Waals surface area (Å²) >= 11 is 0. The van der Waals surface area contributed by atoms with Crippen molar-refractivity contribution < 1.29 is 13.5 Å². The monoisotopic (exact) mass is 263 g/mol. The molecule has 1 N–H and O–H groups in total. The molecule has 0 aliphatic heterocycles. The average molecular weight is 263 g/mol. The summed E-state index contributed by atoms with van der Waals surface area (Å²) in [6.45, 7) is 0.405. The topological polar surface area (TPSA) is 21.3 Å². The molecule has 0 aliphatic rings. The maximum atomic E-state index is 13.2. The number of rotatable bonds is 5. The zero-order chi connectivity index (χ0) is 13.7. The Bertz CT molecular complexity index is 511. The second-order valence-corrected chi connectivity index (χ2v) is 4.22. The van der Waals surface area contributed by atoms with Gasteiger partial charge in [0, 0.05) is 18.9 Å². The van der Waals surface area contributed by atoms with Crippen LogP contribution in [-0.2, 0) is 4.74 Å². The van der Waals surface area contributed by atoms with Crippen molar-refractivity contribution >= 4 is 5.69 Å². The molecule has 1 unspecified atom stereocenters. The summed E-state index contributed by atoms with van der Waals surface area (Å²) in [6, 6.07) is 12.8. The molecule has 100 valence electrons. The molecule has 2 aromatic carbocycles. The molecule has 0 aliphatic carbocycles. The number of ether oxygens (including phenoxy) is 1. The highest BCUT2D eigenvalue weighted by atomic mass is 19.1. The molecule has 0 heterocycles. The van der Waals surface area contributed by atoms with Crippen molar-refractivity contribution in [1.29, 1.82) is 0 Å². The van der Waals surface area contributed by atoms with Crippen LogP contribution in [0.2, 0.25) is 0 Å². The number of methoxy groups -OCH3 is 1. The Kier molecular flexibility index (Phi) is 4.47. The number of hydrogen-bond acceptors (Lipinski definition) is 2. The molecule has 19 heavy (non-hydrogen) atoms. The Morgan fingerprint density at radius 2 is 1.68 bits per heavy atom. The van der Waals surface area contributed by atoms with Crippen LogP contribution in [0, 0.1) is 11.6 Å². The van der Waals surface area contributed by atoms with E-state index in [1.165, 1.54) is 12.1 Å². The summed E-state index contributed by atoms with van der Waals surface area (Å²) in [4.78, 5) is 0. The molecule has 0 saturated carbocycles. The largest absolute Gasteiger partial charge is 0.382 e. The summed E-state index contributed by atoms with van der Waals surface area (Å²) in [5.74, 6) is -1.21. The fourth-order valence-electron chi connectivity index (χ4n) is 1.91. The average Bonchev–Trinajstić information content (AvgIpc) is 2.38. The van der Waals surface area contributed by atoms with Crippen LogP contribution >= 0.6 is 0 Å². The molecule has 1 atom stereocenters. The van der Waals surface area contributed by atoms with Crippen molar-refractivity contribution in [2.24, 2.45) is 0 Å². The van der Waals surface area contributed by atoms with Gasteiger partial charge in [0.25, 0.3) is 0 Å². The molecule has 2 rings (SSSR count). The van der Waals surface area contributed by atoms with Gasteiger partial charge in [-0.05, 0) is 17.7 Å². The fourth-order valence-corrected chi connectivity index (χ4v) is 1.91. The van der Waals surface area contributed by atoms with Crippen LogP contribution in [0.3, 0.4) is 0 Å². The van der Waals surface area contributed by atoms with Gasteiger partial charge in [-0.1, -0.05) is 30.3 Å². The van der Waals surface area contributed by atoms with Gasteiger partial charge in [-0.3, -0.25) is 0 Å². The van der Waals surface area contributed by atoms with Crippen molar-refractivity contribution in [3.8, 4) is 0 Å². The summed E-state index contributed by atoms with van der Waals surface area (Å²) in [6.07, 6.45) is 0. The maximum absolute atomic E-state index is 13.2. The van der Waals surface area contributed by atoms with Crippen molar-refractivity contribution in [1.82, 2.24) is 0 Å². The van der Waals surface area contributed by atoms with E-state index < -0.39 is 11.6 Å². The third-order valence-corrected chi connectivity index (χ3v) is 2.74. The molecule has 2 aromatic rings. The van der Waals surface area contributed by atoms with E-state index in [9.17, 15) is 8.78 Å². The van der Waals surface area contributed by atoms with Crippen molar-refractivity contribution in [2.45, 2.75) is 6.04 Å². The number of hydrogen-bond donors (Lipinski definition) is 1. The minimum Gasteiger partial charge on any atom is -0.382 e. The van der Waals surface area contributed by atoms with Crippen LogP contribution in [0.1, 0.15) is 11.6 Å². The number of nitrogens with one attached hydrogen (secondary N) is 1. The van der Waals surface area contributed by atoms with Gasteiger partial charge < -0.3 is 10.1 Å². The Balaban J connectivity index is 2.21. The Labute approximate surface area is 111 Å². The van der Waals surface area contributed by atoms with E-state index in [1.807, 2.05) is 30.3 Å². The van der Waals surface area contributed by atoms with Gasteiger partial charge >= 0.3 is 0 Å². The Morgan fingerprint density at radius 1 is 1.05 bits per heavy atom. The molecule has 4 heteroatoms. The van der Waals surface area contributed by atoms with Gasteiger partial charge in [0.2, 0.25) is 0 Å². The van der Waals surface area contributed by atoms with Crippen molar-refractivity contribution in [2.75, 3.05) is 19.0 Å². The van der Waals surface area contributed by atoms with Crippen molar-refractivity contribution in [3.05, 3.63) is 65.7 Å².